The summed E-state index contributed by atoms with van der Waals surface area (Å²) in [6.07, 6.45) is 0. The third kappa shape index (κ3) is 5.59. The zero-order valence-corrected chi connectivity index (χ0v) is 18.0. The van der Waals surface area contributed by atoms with E-state index in [1.807, 2.05) is 47.8 Å². The van der Waals surface area contributed by atoms with Crippen molar-refractivity contribution in [1.82, 2.24) is 20.5 Å². The Morgan fingerprint density at radius 1 is 1.00 bits per heavy atom. The van der Waals surface area contributed by atoms with E-state index in [4.69, 9.17) is 0 Å². The van der Waals surface area contributed by atoms with Crippen LogP contribution in [0.25, 0.3) is 10.7 Å². The van der Waals surface area contributed by atoms with Crippen molar-refractivity contribution in [3.8, 4) is 10.7 Å². The first-order valence-electron chi connectivity index (χ1n) is 9.49. The molecule has 0 saturated carbocycles. The van der Waals surface area contributed by atoms with Crippen LogP contribution in [0.1, 0.15) is 15.9 Å². The van der Waals surface area contributed by atoms with Crippen LogP contribution in [0.15, 0.2) is 77.3 Å². The minimum atomic E-state index is -0.248. The molecule has 0 spiro atoms. The van der Waals surface area contributed by atoms with Gasteiger partial charge in [0.05, 0.1) is 21.9 Å². The van der Waals surface area contributed by atoms with E-state index in [1.54, 1.807) is 35.6 Å². The summed E-state index contributed by atoms with van der Waals surface area (Å²) in [6, 6.07) is 20.5. The van der Waals surface area contributed by atoms with E-state index >= 15 is 0 Å². The number of thiophene rings is 1. The van der Waals surface area contributed by atoms with Crippen LogP contribution in [0.2, 0.25) is 0 Å². The molecule has 0 fully saturated rings. The molecule has 2 heterocycles. The summed E-state index contributed by atoms with van der Waals surface area (Å²) in [4.78, 5) is 30.5. The molecule has 0 aliphatic rings. The Balaban J connectivity index is 1.33. The largest absolute Gasteiger partial charge is 0.348 e. The highest BCUT2D eigenvalue weighted by Gasteiger charge is 2.14. The summed E-state index contributed by atoms with van der Waals surface area (Å²) in [7, 11) is 0. The van der Waals surface area contributed by atoms with Gasteiger partial charge in [-0.2, -0.15) is 0 Å². The lowest BCUT2D eigenvalue weighted by molar-refractivity contribution is -0.113. The standard InChI is InChI=1S/C22H19N5O2S2/c28-19(14-31-22-25-20(26-27-22)18-11-6-12-30-18)24-17-10-5-4-9-16(17)21(29)23-13-15-7-2-1-3-8-15/h1-12H,13-14H2,(H,23,29)(H,24,28)(H,25,26,27). The first kappa shape index (κ1) is 20.8. The van der Waals surface area contributed by atoms with Gasteiger partial charge in [-0.1, -0.05) is 60.3 Å². The number of nitrogens with zero attached hydrogens (tertiary/aromatic N) is 2. The first-order valence-corrected chi connectivity index (χ1v) is 11.4. The molecule has 156 valence electrons. The van der Waals surface area contributed by atoms with Crippen molar-refractivity contribution < 1.29 is 9.59 Å². The van der Waals surface area contributed by atoms with E-state index in [9.17, 15) is 9.59 Å². The third-order valence-electron chi connectivity index (χ3n) is 4.29. The Bertz CT molecular complexity index is 1160. The molecule has 0 radical (unpaired) electrons. The molecule has 2 aromatic heterocycles. The fourth-order valence-electron chi connectivity index (χ4n) is 2.81. The normalized spacial score (nSPS) is 10.6. The van der Waals surface area contributed by atoms with Crippen molar-refractivity contribution in [1.29, 1.82) is 0 Å². The summed E-state index contributed by atoms with van der Waals surface area (Å²) < 4.78 is 0. The van der Waals surface area contributed by atoms with Gasteiger partial charge >= 0.3 is 0 Å². The zero-order chi connectivity index (χ0) is 21.5. The molecule has 0 saturated heterocycles. The number of H-pyrrole nitrogens is 1. The van der Waals surface area contributed by atoms with Crippen LogP contribution >= 0.6 is 23.1 Å². The molecule has 2 aromatic carbocycles. The Hall–Kier alpha value is -3.43. The number of anilines is 1. The molecule has 0 unspecified atom stereocenters. The van der Waals surface area contributed by atoms with Crippen molar-refractivity contribution in [2.24, 2.45) is 0 Å². The van der Waals surface area contributed by atoms with Gasteiger partial charge in [-0.05, 0) is 29.1 Å². The predicted octanol–water partition coefficient (Wildman–Crippen LogP) is 4.19. The molecule has 31 heavy (non-hydrogen) atoms. The van der Waals surface area contributed by atoms with E-state index in [2.05, 4.69) is 25.8 Å². The SMILES string of the molecule is O=C(CSc1n[nH]c(-c2cccs2)n1)Nc1ccccc1C(=O)NCc1ccccc1. The quantitative estimate of drug-likeness (QED) is 0.350. The monoisotopic (exact) mass is 449 g/mol. The van der Waals surface area contributed by atoms with Gasteiger partial charge < -0.3 is 10.6 Å². The number of benzene rings is 2. The van der Waals surface area contributed by atoms with Gasteiger partial charge in [0, 0.05) is 6.54 Å². The van der Waals surface area contributed by atoms with Gasteiger partial charge in [0.2, 0.25) is 11.1 Å². The number of nitrogens with one attached hydrogen (secondary N) is 3. The van der Waals surface area contributed by atoms with E-state index in [1.165, 1.54) is 11.8 Å². The molecule has 3 N–H and O–H groups in total. The number of aromatic nitrogens is 3. The van der Waals surface area contributed by atoms with E-state index in [0.717, 1.165) is 10.4 Å². The second kappa shape index (κ2) is 10.1. The fourth-order valence-corrected chi connectivity index (χ4v) is 4.08. The Labute approximate surface area is 187 Å². The minimum Gasteiger partial charge on any atom is -0.348 e. The zero-order valence-electron chi connectivity index (χ0n) is 16.4. The molecule has 0 aliphatic heterocycles. The van der Waals surface area contributed by atoms with Crippen LogP contribution in [0, 0.1) is 0 Å². The average Bonchev–Trinajstić information content (AvgIpc) is 3.49. The molecule has 0 atom stereocenters. The van der Waals surface area contributed by atoms with Gasteiger partial charge in [-0.15, -0.1) is 16.4 Å². The number of carbonyl (C=O) groups is 2. The number of amides is 2. The van der Waals surface area contributed by atoms with Gasteiger partial charge in [-0.25, -0.2) is 4.98 Å². The van der Waals surface area contributed by atoms with Crippen molar-refractivity contribution in [2.75, 3.05) is 11.1 Å². The van der Waals surface area contributed by atoms with Gasteiger partial charge in [0.15, 0.2) is 5.82 Å². The lowest BCUT2D eigenvalue weighted by atomic mass is 10.1. The maximum atomic E-state index is 12.6. The maximum Gasteiger partial charge on any atom is 0.253 e. The third-order valence-corrected chi connectivity index (χ3v) is 6.02. The number of hydrogen-bond donors (Lipinski definition) is 3. The molecular weight excluding hydrogens is 430 g/mol. The molecule has 2 amide bonds. The van der Waals surface area contributed by atoms with Gasteiger partial charge in [0.1, 0.15) is 0 Å². The summed E-state index contributed by atoms with van der Waals surface area (Å²) in [5.74, 6) is 0.318. The number of thioether (sulfide) groups is 1. The summed E-state index contributed by atoms with van der Waals surface area (Å²) >= 11 is 2.79. The van der Waals surface area contributed by atoms with Crippen LogP contribution in [0.5, 0.6) is 0 Å². The second-order valence-corrected chi connectivity index (χ2v) is 8.38. The van der Waals surface area contributed by atoms with Crippen molar-refractivity contribution in [2.45, 2.75) is 11.7 Å². The van der Waals surface area contributed by atoms with Crippen LogP contribution in [-0.2, 0) is 11.3 Å². The maximum absolute atomic E-state index is 12.6. The van der Waals surface area contributed by atoms with E-state index < -0.39 is 0 Å². The number of carbonyl (C=O) groups excluding carboxylic acids is 2. The number of rotatable bonds is 8. The van der Waals surface area contributed by atoms with E-state index in [0.29, 0.717) is 28.8 Å². The van der Waals surface area contributed by atoms with Crippen LogP contribution in [-0.4, -0.2) is 32.7 Å². The van der Waals surface area contributed by atoms with Crippen LogP contribution in [0.3, 0.4) is 0 Å². The Morgan fingerprint density at radius 3 is 2.61 bits per heavy atom. The predicted molar refractivity (Wildman–Crippen MR) is 123 cm³/mol. The van der Waals surface area contributed by atoms with E-state index in [-0.39, 0.29) is 17.6 Å². The number of hydrogen-bond acceptors (Lipinski definition) is 6. The van der Waals surface area contributed by atoms with Crippen molar-refractivity contribution in [3.05, 3.63) is 83.2 Å². The highest BCUT2D eigenvalue weighted by atomic mass is 32.2. The molecule has 4 rings (SSSR count). The number of para-hydroxylation sites is 1. The smallest absolute Gasteiger partial charge is 0.253 e. The lowest BCUT2D eigenvalue weighted by Gasteiger charge is -2.11. The molecule has 0 aliphatic carbocycles. The molecule has 0 bridgehead atoms. The minimum absolute atomic E-state index is 0.127. The highest BCUT2D eigenvalue weighted by molar-refractivity contribution is 7.99. The van der Waals surface area contributed by atoms with Crippen LogP contribution in [0.4, 0.5) is 5.69 Å². The molecule has 7 nitrogen and oxygen atoms in total. The van der Waals surface area contributed by atoms with Crippen molar-refractivity contribution >= 4 is 40.6 Å². The van der Waals surface area contributed by atoms with Gasteiger partial charge in [0.25, 0.3) is 5.91 Å². The van der Waals surface area contributed by atoms with Gasteiger partial charge in [-0.3, -0.25) is 14.7 Å². The summed E-state index contributed by atoms with van der Waals surface area (Å²) in [6.45, 7) is 0.412. The summed E-state index contributed by atoms with van der Waals surface area (Å²) in [5, 5.41) is 15.2. The molecule has 4 aromatic rings. The molecular formula is C22H19N5O2S2. The topological polar surface area (TPSA) is 99.8 Å². The highest BCUT2D eigenvalue weighted by Crippen LogP contribution is 2.23. The Kier molecular flexibility index (Phi) is 6.75. The van der Waals surface area contributed by atoms with Crippen LogP contribution < -0.4 is 10.6 Å². The second-order valence-electron chi connectivity index (χ2n) is 6.49. The molecule has 9 heteroatoms. The van der Waals surface area contributed by atoms with Crippen molar-refractivity contribution in [3.63, 3.8) is 0 Å². The summed E-state index contributed by atoms with van der Waals surface area (Å²) in [5.41, 5.74) is 1.88. The number of aromatic amines is 1. The Morgan fingerprint density at radius 2 is 1.81 bits per heavy atom. The fraction of sp³-hybridized carbons (Fsp3) is 0.0909. The average molecular weight is 450 g/mol. The first-order chi connectivity index (χ1) is 15.2. The lowest BCUT2D eigenvalue weighted by Crippen LogP contribution is -2.25.